The highest BCUT2D eigenvalue weighted by atomic mass is 16.5. The maximum absolute atomic E-state index is 12.7. The third-order valence-electron chi connectivity index (χ3n) is 6.06. The summed E-state index contributed by atoms with van der Waals surface area (Å²) < 4.78 is 5.92. The van der Waals surface area contributed by atoms with Crippen LogP contribution < -0.4 is 15.0 Å². The fraction of sp³-hybridized carbons (Fsp3) is 0.481. The van der Waals surface area contributed by atoms with E-state index in [0.29, 0.717) is 17.9 Å². The fourth-order valence-corrected chi connectivity index (χ4v) is 4.12. The number of piperazine rings is 1. The molecular formula is C27H36N4O2. The number of hydrogen-bond acceptors (Lipinski definition) is 5. The molecule has 0 spiro atoms. The summed E-state index contributed by atoms with van der Waals surface area (Å²) in [5, 5.41) is 12.3. The number of carbonyl (C=O) groups excluding carboxylic acids is 1. The van der Waals surface area contributed by atoms with Crippen molar-refractivity contribution in [1.82, 2.24) is 10.2 Å². The van der Waals surface area contributed by atoms with E-state index in [2.05, 4.69) is 52.4 Å². The number of anilines is 1. The Balaban J connectivity index is 1.36. The molecule has 0 aliphatic carbocycles. The summed E-state index contributed by atoms with van der Waals surface area (Å²) in [6.45, 7) is 12.0. The van der Waals surface area contributed by atoms with Crippen LogP contribution in [-0.2, 0) is 4.79 Å². The number of benzene rings is 2. The molecule has 1 aliphatic rings. The molecule has 1 atom stereocenters. The first kappa shape index (κ1) is 24.6. The van der Waals surface area contributed by atoms with Crippen molar-refractivity contribution in [3.63, 3.8) is 0 Å². The SMILES string of the molecule is Cc1cccc(N2CCN(CCCCNC(=O)C(Oc3ccccc3C#N)C(C)C)CC2)c1. The standard InChI is InChI=1S/C27H36N4O2/c1-21(2)26(33-25-12-5-4-10-23(25)20-28)27(32)29-13-6-7-14-30-15-17-31(18-16-30)24-11-8-9-22(3)19-24/h4-5,8-12,19,21,26H,6-7,13-18H2,1-3H3,(H,29,32). The van der Waals surface area contributed by atoms with Crippen LogP contribution >= 0.6 is 0 Å². The number of nitrogens with one attached hydrogen (secondary N) is 1. The van der Waals surface area contributed by atoms with Gasteiger partial charge in [0.2, 0.25) is 0 Å². The number of para-hydroxylation sites is 1. The Morgan fingerprint density at radius 3 is 2.55 bits per heavy atom. The molecule has 2 aromatic carbocycles. The smallest absolute Gasteiger partial charge is 0.261 e. The van der Waals surface area contributed by atoms with Crippen LogP contribution in [0.2, 0.25) is 0 Å². The average Bonchev–Trinajstić information content (AvgIpc) is 2.82. The molecule has 176 valence electrons. The summed E-state index contributed by atoms with van der Waals surface area (Å²) in [5.74, 6) is 0.338. The minimum Gasteiger partial charge on any atom is -0.479 e. The predicted molar refractivity (Wildman–Crippen MR) is 132 cm³/mol. The summed E-state index contributed by atoms with van der Waals surface area (Å²) >= 11 is 0. The first-order valence-corrected chi connectivity index (χ1v) is 12.0. The second-order valence-electron chi connectivity index (χ2n) is 9.06. The Morgan fingerprint density at radius 1 is 1.09 bits per heavy atom. The van der Waals surface area contributed by atoms with Gasteiger partial charge in [0.1, 0.15) is 11.8 Å². The summed E-state index contributed by atoms with van der Waals surface area (Å²) in [4.78, 5) is 17.7. The number of aryl methyl sites for hydroxylation is 1. The Bertz CT molecular complexity index is 945. The largest absolute Gasteiger partial charge is 0.479 e. The van der Waals surface area contributed by atoms with E-state index in [1.54, 1.807) is 18.2 Å². The van der Waals surface area contributed by atoms with Crippen molar-refractivity contribution in [3.05, 3.63) is 59.7 Å². The lowest BCUT2D eigenvalue weighted by molar-refractivity contribution is -0.129. The number of amides is 1. The van der Waals surface area contributed by atoms with Crippen LogP contribution in [0.15, 0.2) is 48.5 Å². The molecule has 1 heterocycles. The molecule has 0 aromatic heterocycles. The predicted octanol–water partition coefficient (Wildman–Crippen LogP) is 3.99. The van der Waals surface area contributed by atoms with E-state index in [9.17, 15) is 10.1 Å². The van der Waals surface area contributed by atoms with Gasteiger partial charge in [0, 0.05) is 38.4 Å². The molecule has 1 fully saturated rings. The molecule has 1 N–H and O–H groups in total. The molecule has 33 heavy (non-hydrogen) atoms. The van der Waals surface area contributed by atoms with Gasteiger partial charge in [-0.25, -0.2) is 0 Å². The van der Waals surface area contributed by atoms with Gasteiger partial charge in [-0.05, 0) is 62.1 Å². The van der Waals surface area contributed by atoms with Crippen LogP contribution in [0.1, 0.15) is 37.8 Å². The summed E-state index contributed by atoms with van der Waals surface area (Å²) in [5.41, 5.74) is 3.06. The van der Waals surface area contributed by atoms with Crippen LogP contribution in [-0.4, -0.2) is 56.2 Å². The Morgan fingerprint density at radius 2 is 1.85 bits per heavy atom. The molecule has 1 saturated heterocycles. The van der Waals surface area contributed by atoms with Crippen LogP contribution in [0.5, 0.6) is 5.75 Å². The molecular weight excluding hydrogens is 412 g/mol. The number of nitrogens with zero attached hydrogens (tertiary/aromatic N) is 3. The van der Waals surface area contributed by atoms with Crippen molar-refractivity contribution in [2.45, 2.75) is 39.7 Å². The zero-order valence-corrected chi connectivity index (χ0v) is 20.1. The van der Waals surface area contributed by atoms with Crippen molar-refractivity contribution in [1.29, 1.82) is 5.26 Å². The van der Waals surface area contributed by atoms with E-state index in [1.165, 1.54) is 11.3 Å². The van der Waals surface area contributed by atoms with E-state index in [0.717, 1.165) is 45.6 Å². The topological polar surface area (TPSA) is 68.6 Å². The maximum atomic E-state index is 12.7. The zero-order chi connectivity index (χ0) is 23.6. The third-order valence-corrected chi connectivity index (χ3v) is 6.06. The molecule has 1 aliphatic heterocycles. The van der Waals surface area contributed by atoms with E-state index >= 15 is 0 Å². The maximum Gasteiger partial charge on any atom is 0.261 e. The van der Waals surface area contributed by atoms with Gasteiger partial charge in [-0.2, -0.15) is 5.26 Å². The van der Waals surface area contributed by atoms with Crippen LogP contribution in [0.3, 0.4) is 0 Å². The lowest BCUT2D eigenvalue weighted by Crippen LogP contribution is -2.46. The van der Waals surface area contributed by atoms with Gasteiger partial charge in [0.05, 0.1) is 5.56 Å². The van der Waals surface area contributed by atoms with Crippen LogP contribution in [0.4, 0.5) is 5.69 Å². The first-order chi connectivity index (χ1) is 16.0. The van der Waals surface area contributed by atoms with Crippen molar-refractivity contribution in [2.75, 3.05) is 44.2 Å². The second-order valence-corrected chi connectivity index (χ2v) is 9.06. The lowest BCUT2D eigenvalue weighted by atomic mass is 10.1. The quantitative estimate of drug-likeness (QED) is 0.557. The van der Waals surface area contributed by atoms with Gasteiger partial charge in [-0.1, -0.05) is 38.1 Å². The van der Waals surface area contributed by atoms with Crippen molar-refractivity contribution in [2.24, 2.45) is 5.92 Å². The third kappa shape index (κ3) is 7.23. The fourth-order valence-electron chi connectivity index (χ4n) is 4.12. The van der Waals surface area contributed by atoms with Crippen LogP contribution in [0.25, 0.3) is 0 Å². The molecule has 6 heteroatoms. The number of hydrogen-bond donors (Lipinski definition) is 1. The van der Waals surface area contributed by atoms with Crippen molar-refractivity contribution < 1.29 is 9.53 Å². The summed E-state index contributed by atoms with van der Waals surface area (Å²) in [6, 6.07) is 17.9. The van der Waals surface area contributed by atoms with Gasteiger partial charge < -0.3 is 15.0 Å². The molecule has 0 bridgehead atoms. The Kier molecular flexibility index (Phi) is 9.14. The zero-order valence-electron chi connectivity index (χ0n) is 20.1. The van der Waals surface area contributed by atoms with Gasteiger partial charge in [0.15, 0.2) is 6.10 Å². The summed E-state index contributed by atoms with van der Waals surface area (Å²) in [6.07, 6.45) is 1.37. The Hall–Kier alpha value is -3.04. The average molecular weight is 449 g/mol. The van der Waals surface area contributed by atoms with Crippen LogP contribution in [0, 0.1) is 24.2 Å². The number of ether oxygens (including phenoxy) is 1. The minimum absolute atomic E-state index is 0.00134. The molecule has 2 aromatic rings. The molecule has 6 nitrogen and oxygen atoms in total. The van der Waals surface area contributed by atoms with Gasteiger partial charge in [0.25, 0.3) is 5.91 Å². The number of carbonyl (C=O) groups is 1. The van der Waals surface area contributed by atoms with E-state index < -0.39 is 6.10 Å². The van der Waals surface area contributed by atoms with Gasteiger partial charge in [-0.3, -0.25) is 9.69 Å². The number of nitriles is 1. The normalized spacial score (nSPS) is 15.2. The first-order valence-electron chi connectivity index (χ1n) is 12.0. The van der Waals surface area contributed by atoms with E-state index in [-0.39, 0.29) is 11.8 Å². The molecule has 0 radical (unpaired) electrons. The second kappa shape index (κ2) is 12.3. The Labute approximate surface area is 198 Å². The highest BCUT2D eigenvalue weighted by Crippen LogP contribution is 2.21. The number of unbranched alkanes of at least 4 members (excludes halogenated alkanes) is 1. The highest BCUT2D eigenvalue weighted by Gasteiger charge is 2.25. The summed E-state index contributed by atoms with van der Waals surface area (Å²) in [7, 11) is 0. The highest BCUT2D eigenvalue weighted by molar-refractivity contribution is 5.81. The molecule has 0 saturated carbocycles. The van der Waals surface area contributed by atoms with Gasteiger partial charge in [-0.15, -0.1) is 0 Å². The lowest BCUT2D eigenvalue weighted by Gasteiger charge is -2.36. The number of rotatable bonds is 10. The van der Waals surface area contributed by atoms with Gasteiger partial charge >= 0.3 is 0 Å². The molecule has 1 unspecified atom stereocenters. The molecule has 1 amide bonds. The molecule has 3 rings (SSSR count). The van der Waals surface area contributed by atoms with Crippen molar-refractivity contribution >= 4 is 11.6 Å². The minimum atomic E-state index is -0.616. The van der Waals surface area contributed by atoms with E-state index in [4.69, 9.17) is 4.74 Å². The van der Waals surface area contributed by atoms with E-state index in [1.807, 2.05) is 19.9 Å². The monoisotopic (exact) mass is 448 g/mol. The van der Waals surface area contributed by atoms with Crippen molar-refractivity contribution in [3.8, 4) is 11.8 Å².